The highest BCUT2D eigenvalue weighted by molar-refractivity contribution is 6.00. The fourth-order valence-corrected chi connectivity index (χ4v) is 4.99. The maximum absolute atomic E-state index is 13.7. The molecule has 4 aromatic carbocycles. The molecule has 0 saturated heterocycles. The third kappa shape index (κ3) is 4.57. The van der Waals surface area contributed by atoms with Crippen molar-refractivity contribution in [3.05, 3.63) is 131 Å². The molecule has 0 spiro atoms. The van der Waals surface area contributed by atoms with Gasteiger partial charge in [-0.3, -0.25) is 9.59 Å². The SMILES string of the molecule is O=C(Cn1cc(C=Nn2c(-c3cc4ccccc4o3)nc3ccccc3c2=O)c2ccccc21)Nc1ccccc1. The number of nitrogens with one attached hydrogen (secondary N) is 1. The first-order chi connectivity index (χ1) is 20.1. The van der Waals surface area contributed by atoms with Crippen molar-refractivity contribution in [2.75, 3.05) is 5.32 Å². The van der Waals surface area contributed by atoms with Gasteiger partial charge >= 0.3 is 0 Å². The first kappa shape index (κ1) is 24.3. The summed E-state index contributed by atoms with van der Waals surface area (Å²) in [5.74, 6) is 0.584. The maximum Gasteiger partial charge on any atom is 0.282 e. The molecule has 0 unspecified atom stereocenters. The predicted octanol–water partition coefficient (Wildman–Crippen LogP) is 6.29. The predicted molar refractivity (Wildman–Crippen MR) is 161 cm³/mol. The van der Waals surface area contributed by atoms with Crippen molar-refractivity contribution in [1.82, 2.24) is 14.2 Å². The highest BCUT2D eigenvalue weighted by Gasteiger charge is 2.17. The molecule has 0 aliphatic heterocycles. The molecule has 0 saturated carbocycles. The molecule has 0 radical (unpaired) electrons. The number of furan rings is 1. The van der Waals surface area contributed by atoms with Gasteiger partial charge in [0.05, 0.1) is 17.1 Å². The smallest absolute Gasteiger partial charge is 0.282 e. The first-order valence-electron chi connectivity index (χ1n) is 13.1. The summed E-state index contributed by atoms with van der Waals surface area (Å²) >= 11 is 0. The number of anilines is 1. The van der Waals surface area contributed by atoms with Gasteiger partial charge in [0.15, 0.2) is 5.76 Å². The van der Waals surface area contributed by atoms with Crippen molar-refractivity contribution in [2.24, 2.45) is 5.10 Å². The number of nitrogens with zero attached hydrogens (tertiary/aromatic N) is 4. The van der Waals surface area contributed by atoms with Crippen molar-refractivity contribution in [3.63, 3.8) is 0 Å². The molecular formula is C33H23N5O3. The molecule has 8 heteroatoms. The van der Waals surface area contributed by atoms with Gasteiger partial charge in [0, 0.05) is 33.7 Å². The summed E-state index contributed by atoms with van der Waals surface area (Å²) in [6.45, 7) is 0.116. The van der Waals surface area contributed by atoms with E-state index >= 15 is 0 Å². The molecule has 3 aromatic heterocycles. The Bertz CT molecular complexity index is 2120. The highest BCUT2D eigenvalue weighted by atomic mass is 16.3. The van der Waals surface area contributed by atoms with Crippen molar-refractivity contribution in [3.8, 4) is 11.6 Å². The minimum absolute atomic E-state index is 0.116. The number of benzene rings is 4. The normalized spacial score (nSPS) is 11.6. The zero-order valence-corrected chi connectivity index (χ0v) is 21.8. The topological polar surface area (TPSA) is 94.4 Å². The van der Waals surface area contributed by atoms with E-state index in [4.69, 9.17) is 9.40 Å². The molecule has 8 nitrogen and oxygen atoms in total. The molecule has 0 aliphatic rings. The molecule has 7 aromatic rings. The lowest BCUT2D eigenvalue weighted by Crippen LogP contribution is -2.20. The number of amides is 1. The number of hydrogen-bond donors (Lipinski definition) is 1. The van der Waals surface area contributed by atoms with E-state index in [2.05, 4.69) is 10.4 Å². The molecule has 198 valence electrons. The standard InChI is InChI=1S/C33H23N5O3/c39-31(35-24-11-2-1-3-12-24)21-37-20-23(25-13-6-8-16-28(25)37)19-34-38-32(30-18-22-10-4-9-17-29(22)41-30)36-27-15-7-5-14-26(27)33(38)40/h1-20H,21H2,(H,35,39). The van der Waals surface area contributed by atoms with Crippen LogP contribution in [0.1, 0.15) is 5.56 Å². The zero-order valence-electron chi connectivity index (χ0n) is 21.8. The lowest BCUT2D eigenvalue weighted by Gasteiger charge is -2.07. The monoisotopic (exact) mass is 537 g/mol. The van der Waals surface area contributed by atoms with Crippen LogP contribution in [0.15, 0.2) is 130 Å². The second-order valence-electron chi connectivity index (χ2n) is 9.61. The number of hydrogen-bond acceptors (Lipinski definition) is 5. The Labute approximate surface area is 233 Å². The fraction of sp³-hybridized carbons (Fsp3) is 0.0303. The number of rotatable bonds is 6. The summed E-state index contributed by atoms with van der Waals surface area (Å²) in [5, 5.41) is 9.80. The Morgan fingerprint density at radius 3 is 2.46 bits per heavy atom. The third-order valence-electron chi connectivity index (χ3n) is 6.90. The third-order valence-corrected chi connectivity index (χ3v) is 6.90. The van der Waals surface area contributed by atoms with E-state index in [1.54, 1.807) is 24.4 Å². The van der Waals surface area contributed by atoms with Crippen LogP contribution in [0.3, 0.4) is 0 Å². The van der Waals surface area contributed by atoms with Crippen LogP contribution in [0.4, 0.5) is 5.69 Å². The fourth-order valence-electron chi connectivity index (χ4n) is 4.99. The van der Waals surface area contributed by atoms with Gasteiger partial charge in [-0.1, -0.05) is 66.7 Å². The summed E-state index contributed by atoms with van der Waals surface area (Å²) in [6.07, 6.45) is 3.48. The zero-order chi connectivity index (χ0) is 27.8. The van der Waals surface area contributed by atoms with Crippen LogP contribution in [-0.4, -0.2) is 26.3 Å². The molecule has 0 aliphatic carbocycles. The average Bonchev–Trinajstić information content (AvgIpc) is 3.59. The number of carbonyl (C=O) groups excluding carboxylic acids is 1. The Morgan fingerprint density at radius 1 is 0.878 bits per heavy atom. The van der Waals surface area contributed by atoms with Gasteiger partial charge in [0.25, 0.3) is 5.56 Å². The Balaban J connectivity index is 1.31. The van der Waals surface area contributed by atoms with Crippen LogP contribution in [-0.2, 0) is 11.3 Å². The van der Waals surface area contributed by atoms with Gasteiger partial charge < -0.3 is 14.3 Å². The molecule has 3 heterocycles. The Morgan fingerprint density at radius 2 is 1.61 bits per heavy atom. The van der Waals surface area contributed by atoms with Crippen LogP contribution in [0.25, 0.3) is 44.4 Å². The van der Waals surface area contributed by atoms with Crippen molar-refractivity contribution in [2.45, 2.75) is 6.54 Å². The summed E-state index contributed by atoms with van der Waals surface area (Å²) in [6, 6.07) is 33.8. The largest absolute Gasteiger partial charge is 0.453 e. The van der Waals surface area contributed by atoms with Crippen LogP contribution >= 0.6 is 0 Å². The van der Waals surface area contributed by atoms with Gasteiger partial charge in [-0.05, 0) is 42.5 Å². The number of carbonyl (C=O) groups is 1. The molecule has 0 atom stereocenters. The van der Waals surface area contributed by atoms with Gasteiger partial charge in [0.2, 0.25) is 11.7 Å². The Hall–Kier alpha value is -5.76. The van der Waals surface area contributed by atoms with E-state index in [1.807, 2.05) is 102 Å². The van der Waals surface area contributed by atoms with Crippen molar-refractivity contribution >= 4 is 50.6 Å². The minimum atomic E-state index is -0.312. The summed E-state index contributed by atoms with van der Waals surface area (Å²) in [5.41, 5.74) is 3.30. The van der Waals surface area contributed by atoms with Crippen molar-refractivity contribution < 1.29 is 9.21 Å². The highest BCUT2D eigenvalue weighted by Crippen LogP contribution is 2.27. The molecular weight excluding hydrogens is 514 g/mol. The van der Waals surface area contributed by atoms with E-state index in [1.165, 1.54) is 4.68 Å². The van der Waals surface area contributed by atoms with Gasteiger partial charge in [0.1, 0.15) is 12.1 Å². The van der Waals surface area contributed by atoms with Crippen LogP contribution in [0, 0.1) is 0 Å². The van der Waals surface area contributed by atoms with E-state index in [0.29, 0.717) is 28.1 Å². The molecule has 0 bridgehead atoms. The number of fused-ring (bicyclic) bond motifs is 3. The summed E-state index contributed by atoms with van der Waals surface area (Å²) in [7, 11) is 0. The molecule has 1 amide bonds. The van der Waals surface area contributed by atoms with Gasteiger partial charge in [-0.2, -0.15) is 9.78 Å². The lowest BCUT2D eigenvalue weighted by molar-refractivity contribution is -0.116. The van der Waals surface area contributed by atoms with Gasteiger partial charge in [-0.15, -0.1) is 0 Å². The maximum atomic E-state index is 13.7. The van der Waals surface area contributed by atoms with Crippen molar-refractivity contribution in [1.29, 1.82) is 0 Å². The second kappa shape index (κ2) is 10.1. The van der Waals surface area contributed by atoms with Crippen LogP contribution < -0.4 is 10.9 Å². The quantitative estimate of drug-likeness (QED) is 0.253. The summed E-state index contributed by atoms with van der Waals surface area (Å²) in [4.78, 5) is 31.2. The van der Waals surface area contributed by atoms with E-state index < -0.39 is 0 Å². The van der Waals surface area contributed by atoms with Crippen LogP contribution in [0.2, 0.25) is 0 Å². The first-order valence-corrected chi connectivity index (χ1v) is 13.1. The Kier molecular flexibility index (Phi) is 5.98. The molecule has 1 N–H and O–H groups in total. The number of aromatic nitrogens is 3. The van der Waals surface area contributed by atoms with E-state index in [0.717, 1.165) is 27.5 Å². The van der Waals surface area contributed by atoms with E-state index in [9.17, 15) is 9.59 Å². The molecule has 0 fully saturated rings. The summed E-state index contributed by atoms with van der Waals surface area (Å²) < 4.78 is 9.22. The average molecular weight is 538 g/mol. The van der Waals surface area contributed by atoms with E-state index in [-0.39, 0.29) is 18.0 Å². The second-order valence-corrected chi connectivity index (χ2v) is 9.61. The molecule has 41 heavy (non-hydrogen) atoms. The number of para-hydroxylation sites is 4. The molecule has 7 rings (SSSR count). The lowest BCUT2D eigenvalue weighted by atomic mass is 10.2. The van der Waals surface area contributed by atoms with Gasteiger partial charge in [-0.25, -0.2) is 4.98 Å². The van der Waals surface area contributed by atoms with Crippen LogP contribution in [0.5, 0.6) is 0 Å². The minimum Gasteiger partial charge on any atom is -0.453 e.